The summed E-state index contributed by atoms with van der Waals surface area (Å²) in [7, 11) is 0. The SMILES string of the molecule is CCCCc1ccc(OC(C)C)cc1.[CH2]=[Sb]([CH3])[c]1ccc(C(C)=O)s1. The van der Waals surface area contributed by atoms with Crippen LogP contribution >= 0.6 is 11.3 Å². The van der Waals surface area contributed by atoms with E-state index in [1.807, 2.05) is 19.9 Å². The van der Waals surface area contributed by atoms with Crippen LogP contribution in [0.25, 0.3) is 0 Å². The van der Waals surface area contributed by atoms with Crippen LogP contribution in [0.5, 0.6) is 5.75 Å². The third kappa shape index (κ3) is 8.83. The van der Waals surface area contributed by atoms with Gasteiger partial charge in [-0.25, -0.2) is 0 Å². The number of aryl methyl sites for hydroxylation is 1. The van der Waals surface area contributed by atoms with Gasteiger partial charge in [0.25, 0.3) is 0 Å². The fourth-order valence-electron chi connectivity index (χ4n) is 2.11. The van der Waals surface area contributed by atoms with Gasteiger partial charge in [0, 0.05) is 0 Å². The number of carbonyl (C=O) groups is 1. The number of unbranched alkanes of at least 4 members (excludes halogenated alkanes) is 1. The summed E-state index contributed by atoms with van der Waals surface area (Å²) in [6, 6.07) is 12.4. The molecule has 0 aliphatic carbocycles. The Bertz CT molecular complexity index is 643. The van der Waals surface area contributed by atoms with Crippen LogP contribution in [0.3, 0.4) is 0 Å². The number of Topliss-reactive ketones (excluding diaryl/α,β-unsaturated/α-hetero) is 1. The third-order valence-electron chi connectivity index (χ3n) is 3.43. The Kier molecular flexibility index (Phi) is 10.3. The van der Waals surface area contributed by atoms with E-state index in [0.29, 0.717) is 0 Å². The van der Waals surface area contributed by atoms with Gasteiger partial charge in [-0.05, 0) is 44.4 Å². The molecule has 0 saturated heterocycles. The maximum absolute atomic E-state index is 10.9. The molecular formula is C21H30O2SSb. The first-order valence-electron chi connectivity index (χ1n) is 8.74. The average molecular weight is 468 g/mol. The predicted octanol–water partition coefficient (Wildman–Crippen LogP) is 5.11. The third-order valence-corrected chi connectivity index (χ3v) is 9.86. The van der Waals surface area contributed by atoms with Gasteiger partial charge in [-0.15, -0.1) is 0 Å². The molecule has 1 aromatic carbocycles. The molecule has 2 aromatic rings. The Balaban J connectivity index is 0.000000257. The van der Waals surface area contributed by atoms with Gasteiger partial charge in [0.05, 0.1) is 6.10 Å². The van der Waals surface area contributed by atoms with E-state index in [4.69, 9.17) is 4.74 Å². The number of rotatable bonds is 7. The monoisotopic (exact) mass is 467 g/mol. The first-order valence-corrected chi connectivity index (χ1v) is 15.2. The van der Waals surface area contributed by atoms with Gasteiger partial charge in [0.15, 0.2) is 0 Å². The molecule has 25 heavy (non-hydrogen) atoms. The molecule has 1 heterocycles. The number of carbonyl (C=O) groups excluding carboxylic acids is 1. The summed E-state index contributed by atoms with van der Waals surface area (Å²) in [5.41, 5.74) is 1.41. The summed E-state index contributed by atoms with van der Waals surface area (Å²) in [5.74, 6) is 1.14. The Morgan fingerprint density at radius 3 is 2.24 bits per heavy atom. The van der Waals surface area contributed by atoms with Gasteiger partial charge in [0.1, 0.15) is 5.75 Å². The number of hydrogen-bond acceptors (Lipinski definition) is 3. The summed E-state index contributed by atoms with van der Waals surface area (Å²) in [6.45, 7) is 7.92. The van der Waals surface area contributed by atoms with Gasteiger partial charge in [-0.2, -0.15) is 0 Å². The van der Waals surface area contributed by atoms with E-state index in [1.165, 1.54) is 27.6 Å². The zero-order valence-electron chi connectivity index (χ0n) is 16.0. The second kappa shape index (κ2) is 11.6. The number of thiophene rings is 1. The van der Waals surface area contributed by atoms with Crippen molar-refractivity contribution >= 4 is 44.1 Å². The van der Waals surface area contributed by atoms with Crippen molar-refractivity contribution in [3.8, 4) is 5.75 Å². The van der Waals surface area contributed by atoms with E-state index in [-0.39, 0.29) is 11.9 Å². The van der Waals surface area contributed by atoms with Crippen molar-refractivity contribution in [2.24, 2.45) is 0 Å². The van der Waals surface area contributed by atoms with E-state index in [0.717, 1.165) is 10.6 Å². The van der Waals surface area contributed by atoms with Gasteiger partial charge in [0.2, 0.25) is 0 Å². The minimum absolute atomic E-state index is 0.170. The van der Waals surface area contributed by atoms with Crippen molar-refractivity contribution in [3.63, 3.8) is 0 Å². The average Bonchev–Trinajstić information content (AvgIpc) is 3.05. The molecule has 1 aromatic heterocycles. The van der Waals surface area contributed by atoms with E-state index in [1.54, 1.807) is 18.3 Å². The van der Waals surface area contributed by atoms with E-state index >= 15 is 0 Å². The Morgan fingerprint density at radius 2 is 1.84 bits per heavy atom. The summed E-state index contributed by atoms with van der Waals surface area (Å²) in [4.78, 5) is 14.0. The predicted molar refractivity (Wildman–Crippen MR) is 114 cm³/mol. The number of ketones is 1. The first kappa shape index (κ1) is 22.1. The molecular weight excluding hydrogens is 438 g/mol. The van der Waals surface area contributed by atoms with Crippen LogP contribution in [0.15, 0.2) is 36.4 Å². The molecule has 1 radical (unpaired) electrons. The van der Waals surface area contributed by atoms with Gasteiger partial charge < -0.3 is 4.74 Å². The summed E-state index contributed by atoms with van der Waals surface area (Å²) in [5, 5.41) is 0. The minimum atomic E-state index is -1.32. The van der Waals surface area contributed by atoms with Crippen LogP contribution < -0.4 is 7.56 Å². The molecule has 0 spiro atoms. The number of hydrogen-bond donors (Lipinski definition) is 0. The molecule has 4 heteroatoms. The van der Waals surface area contributed by atoms with Crippen LogP contribution in [-0.4, -0.2) is 36.1 Å². The molecule has 0 amide bonds. The fourth-order valence-corrected chi connectivity index (χ4v) is 6.02. The van der Waals surface area contributed by atoms with Crippen molar-refractivity contribution in [3.05, 3.63) is 46.8 Å². The fraction of sp³-hybridized carbons (Fsp3) is 0.429. The summed E-state index contributed by atoms with van der Waals surface area (Å²) < 4.78 is 11.0. The van der Waals surface area contributed by atoms with Gasteiger partial charge in [-0.1, -0.05) is 25.5 Å². The zero-order valence-corrected chi connectivity index (χ0v) is 19.4. The Hall–Kier alpha value is -0.922. The Morgan fingerprint density at radius 1 is 1.20 bits per heavy atom. The second-order valence-corrected chi connectivity index (χ2v) is 13.7. The molecule has 0 N–H and O–H groups in total. The van der Waals surface area contributed by atoms with Gasteiger partial charge in [-0.3, -0.25) is 0 Å². The van der Waals surface area contributed by atoms with Crippen molar-refractivity contribution in [2.45, 2.75) is 57.9 Å². The van der Waals surface area contributed by atoms with Crippen LogP contribution in [0, 0.1) is 0 Å². The van der Waals surface area contributed by atoms with E-state index in [2.05, 4.69) is 46.6 Å². The molecule has 137 valence electrons. The molecule has 0 aliphatic rings. The normalized spacial score (nSPS) is 10.2. The van der Waals surface area contributed by atoms with E-state index < -0.39 is 19.7 Å². The topological polar surface area (TPSA) is 26.3 Å². The number of ether oxygens (including phenoxy) is 1. The summed E-state index contributed by atoms with van der Waals surface area (Å²) >= 11 is 0.296. The molecule has 2 nitrogen and oxygen atoms in total. The second-order valence-electron chi connectivity index (χ2n) is 6.31. The van der Waals surface area contributed by atoms with Crippen molar-refractivity contribution in [1.29, 1.82) is 0 Å². The quantitative estimate of drug-likeness (QED) is 0.417. The molecule has 0 bridgehead atoms. The standard InChI is InChI=1S/C13H20O.C6H5OS.CH3.CH2.Sb/c1-4-5-6-12-7-9-13(10-8-12)14-11(2)3;1-5(7)6-3-2-4-8-6;;;/h7-11H,4-6H2,1-3H3;2-3H,1H3;1H3;1H2;. The maximum atomic E-state index is 10.9. The van der Waals surface area contributed by atoms with Crippen molar-refractivity contribution < 1.29 is 9.53 Å². The zero-order chi connectivity index (χ0) is 18.8. The van der Waals surface area contributed by atoms with Crippen molar-refractivity contribution in [1.82, 2.24) is 0 Å². The van der Waals surface area contributed by atoms with E-state index in [9.17, 15) is 4.79 Å². The molecule has 0 saturated carbocycles. The molecule has 2 rings (SSSR count). The van der Waals surface area contributed by atoms with Crippen LogP contribution in [-0.2, 0) is 6.42 Å². The molecule has 0 aliphatic heterocycles. The summed E-state index contributed by atoms with van der Waals surface area (Å²) in [6.07, 6.45) is 3.96. The molecule has 0 atom stereocenters. The van der Waals surface area contributed by atoms with Crippen LogP contribution in [0.1, 0.15) is 55.8 Å². The molecule has 0 fully saturated rings. The number of benzene rings is 1. The van der Waals surface area contributed by atoms with Crippen LogP contribution in [0.2, 0.25) is 4.87 Å². The first-order chi connectivity index (χ1) is 11.8. The van der Waals surface area contributed by atoms with Gasteiger partial charge >= 0.3 is 77.7 Å². The Labute approximate surface area is 163 Å². The van der Waals surface area contributed by atoms with Crippen LogP contribution in [0.4, 0.5) is 0 Å². The van der Waals surface area contributed by atoms with Crippen molar-refractivity contribution in [2.75, 3.05) is 0 Å². The molecule has 0 unspecified atom stereocenters.